The smallest absolute Gasteiger partial charge is 0.312 e. The largest absolute Gasteiger partial charge is 0.417 e. The Bertz CT molecular complexity index is 1170. The van der Waals surface area contributed by atoms with E-state index in [4.69, 9.17) is 0 Å². The summed E-state index contributed by atoms with van der Waals surface area (Å²) in [6.45, 7) is 1.59. The lowest BCUT2D eigenvalue weighted by Gasteiger charge is -2.14. The van der Waals surface area contributed by atoms with Crippen LogP contribution in [0.25, 0.3) is 22.6 Å². The number of nitrogens with zero attached hydrogens (tertiary/aromatic N) is 3. The summed E-state index contributed by atoms with van der Waals surface area (Å²) in [6, 6.07) is 2.90. The van der Waals surface area contributed by atoms with Crippen molar-refractivity contribution >= 4 is 22.0 Å². The van der Waals surface area contributed by atoms with Crippen molar-refractivity contribution < 1.29 is 30.6 Å². The fraction of sp³-hybridized carbons (Fsp3) is 0.333. The van der Waals surface area contributed by atoms with Crippen LogP contribution in [0.4, 0.5) is 26.3 Å². The van der Waals surface area contributed by atoms with E-state index in [2.05, 4.69) is 9.97 Å². The van der Waals surface area contributed by atoms with Crippen molar-refractivity contribution in [2.75, 3.05) is 0 Å². The first-order chi connectivity index (χ1) is 13.4. The normalized spacial score (nSPS) is 19.7. The number of imidazole rings is 1. The minimum atomic E-state index is -4.61. The topological polar surface area (TPSA) is 47.8 Å². The van der Waals surface area contributed by atoms with Crippen LogP contribution in [0.3, 0.4) is 0 Å². The molecule has 0 amide bonds. The van der Waals surface area contributed by atoms with E-state index in [0.717, 1.165) is 12.1 Å². The van der Waals surface area contributed by atoms with Crippen molar-refractivity contribution in [2.45, 2.75) is 35.8 Å². The van der Waals surface area contributed by atoms with Crippen LogP contribution in [-0.4, -0.2) is 24.0 Å². The van der Waals surface area contributed by atoms with E-state index in [1.54, 1.807) is 6.92 Å². The fourth-order valence-electron chi connectivity index (χ4n) is 3.54. The minimum Gasteiger partial charge on any atom is -0.312 e. The summed E-state index contributed by atoms with van der Waals surface area (Å²) in [5, 5.41) is -0.517. The van der Waals surface area contributed by atoms with Gasteiger partial charge in [0.1, 0.15) is 11.3 Å². The lowest BCUT2D eigenvalue weighted by atomic mass is 9.99. The molecule has 4 nitrogen and oxygen atoms in total. The molecule has 2 unspecified atom stereocenters. The van der Waals surface area contributed by atoms with Gasteiger partial charge in [0.2, 0.25) is 0 Å². The van der Waals surface area contributed by atoms with Gasteiger partial charge < -0.3 is 4.57 Å². The van der Waals surface area contributed by atoms with E-state index in [1.165, 1.54) is 17.7 Å². The summed E-state index contributed by atoms with van der Waals surface area (Å²) in [5.41, 5.74) is -1.61. The molecule has 0 radical (unpaired) electrons. The Morgan fingerprint density at radius 2 is 1.83 bits per heavy atom. The van der Waals surface area contributed by atoms with E-state index >= 15 is 0 Å². The van der Waals surface area contributed by atoms with Gasteiger partial charge in [-0.2, -0.15) is 26.3 Å². The van der Waals surface area contributed by atoms with E-state index in [0.29, 0.717) is 6.20 Å². The second-order valence-corrected chi connectivity index (χ2v) is 8.64. The molecule has 0 N–H and O–H groups in total. The molecule has 0 spiro atoms. The molecule has 0 saturated heterocycles. The van der Waals surface area contributed by atoms with Gasteiger partial charge in [0.25, 0.3) is 0 Å². The van der Waals surface area contributed by atoms with Crippen molar-refractivity contribution in [3.8, 4) is 11.4 Å². The van der Waals surface area contributed by atoms with Crippen LogP contribution >= 0.6 is 0 Å². The monoisotopic (exact) mass is 433 g/mol. The highest BCUT2D eigenvalue weighted by Crippen LogP contribution is 2.43. The van der Waals surface area contributed by atoms with Gasteiger partial charge in [-0.15, -0.1) is 0 Å². The third-order valence-electron chi connectivity index (χ3n) is 4.90. The van der Waals surface area contributed by atoms with Crippen LogP contribution < -0.4 is 0 Å². The van der Waals surface area contributed by atoms with Gasteiger partial charge in [0.05, 0.1) is 26.8 Å². The molecule has 3 aromatic rings. The number of fused-ring (bicyclic) bond motifs is 2. The number of aromatic nitrogens is 3. The lowest BCUT2D eigenvalue weighted by molar-refractivity contribution is -0.138. The molecule has 1 aliphatic rings. The Balaban J connectivity index is 1.97. The summed E-state index contributed by atoms with van der Waals surface area (Å²) in [4.78, 5) is 8.00. The Labute approximate surface area is 163 Å². The summed E-state index contributed by atoms with van der Waals surface area (Å²) in [6.07, 6.45) is -8.55. The molecule has 1 aromatic carbocycles. The second kappa shape index (κ2) is 6.28. The third kappa shape index (κ3) is 3.11. The molecule has 0 bridgehead atoms. The Morgan fingerprint density at radius 3 is 2.45 bits per heavy atom. The molecule has 11 heteroatoms. The quantitative estimate of drug-likeness (QED) is 0.522. The number of halogens is 6. The van der Waals surface area contributed by atoms with Crippen molar-refractivity contribution in [3.63, 3.8) is 0 Å². The maximum absolute atomic E-state index is 13.4. The first kappa shape index (κ1) is 19.9. The zero-order chi connectivity index (χ0) is 21.3. The molecule has 2 atom stereocenters. The average Bonchev–Trinajstić information content (AvgIpc) is 3.10. The highest BCUT2D eigenvalue weighted by molar-refractivity contribution is 7.86. The zero-order valence-electron chi connectivity index (χ0n) is 15.0. The van der Waals surface area contributed by atoms with E-state index in [9.17, 15) is 30.6 Å². The standard InChI is InChI=1S/C18H13F6N3OS/c1-8-5-11-12(18(22,23)24)4-3-10(14(11)29(8)28)15-26-13-6-9(17(19,20)21)7-25-16(13)27(15)2/h3-4,6-8H,5H2,1-2H3. The summed E-state index contributed by atoms with van der Waals surface area (Å²) in [7, 11) is -0.205. The van der Waals surface area contributed by atoms with Crippen LogP contribution in [-0.2, 0) is 36.6 Å². The molecule has 29 heavy (non-hydrogen) atoms. The summed E-state index contributed by atoms with van der Waals surface area (Å²) >= 11 is 0. The predicted octanol–water partition coefficient (Wildman–Crippen LogP) is 4.73. The van der Waals surface area contributed by atoms with E-state index < -0.39 is 39.5 Å². The number of alkyl halides is 6. The van der Waals surface area contributed by atoms with Crippen LogP contribution in [0.2, 0.25) is 0 Å². The van der Waals surface area contributed by atoms with Crippen molar-refractivity contribution in [1.82, 2.24) is 14.5 Å². The molecule has 0 fully saturated rings. The predicted molar refractivity (Wildman–Crippen MR) is 93.5 cm³/mol. The maximum atomic E-state index is 13.4. The maximum Gasteiger partial charge on any atom is 0.417 e. The first-order valence-corrected chi connectivity index (χ1v) is 9.64. The van der Waals surface area contributed by atoms with Crippen molar-refractivity contribution in [2.24, 2.45) is 7.05 Å². The molecule has 1 aliphatic heterocycles. The van der Waals surface area contributed by atoms with Gasteiger partial charge in [-0.05, 0) is 30.2 Å². The molecule has 2 aromatic heterocycles. The highest BCUT2D eigenvalue weighted by Gasteiger charge is 2.41. The number of hydrogen-bond acceptors (Lipinski definition) is 3. The summed E-state index contributed by atoms with van der Waals surface area (Å²) < 4.78 is 93.2. The molecule has 0 saturated carbocycles. The Morgan fingerprint density at radius 1 is 1.14 bits per heavy atom. The second-order valence-electron chi connectivity index (χ2n) is 6.84. The van der Waals surface area contributed by atoms with Gasteiger partial charge in [-0.25, -0.2) is 9.97 Å². The van der Waals surface area contributed by atoms with Gasteiger partial charge in [0, 0.05) is 24.1 Å². The Kier molecular flexibility index (Phi) is 4.30. The van der Waals surface area contributed by atoms with E-state index in [1.807, 2.05) is 0 Å². The number of hydrogen-bond donors (Lipinski definition) is 0. The van der Waals surface area contributed by atoms with Crippen molar-refractivity contribution in [1.29, 1.82) is 0 Å². The van der Waals surface area contributed by atoms with Crippen molar-refractivity contribution in [3.05, 3.63) is 41.1 Å². The number of rotatable bonds is 1. The van der Waals surface area contributed by atoms with Crippen LogP contribution in [0.1, 0.15) is 23.6 Å². The fourth-order valence-corrected chi connectivity index (χ4v) is 5.07. The first-order valence-electron chi connectivity index (χ1n) is 8.43. The lowest BCUT2D eigenvalue weighted by Crippen LogP contribution is -2.10. The molecule has 154 valence electrons. The van der Waals surface area contributed by atoms with E-state index in [-0.39, 0.29) is 39.4 Å². The van der Waals surface area contributed by atoms with Gasteiger partial charge in [-0.3, -0.25) is 4.21 Å². The number of benzene rings is 1. The minimum absolute atomic E-state index is 0.00889. The molecule has 4 rings (SSSR count). The molecule has 3 heterocycles. The van der Waals surface area contributed by atoms with Gasteiger partial charge in [0.15, 0.2) is 5.65 Å². The average molecular weight is 433 g/mol. The summed E-state index contributed by atoms with van der Waals surface area (Å²) in [5.74, 6) is 0.110. The Hall–Kier alpha value is -2.43. The SMILES string of the molecule is CC1Cc2c(C(F)(F)F)ccc(-c3nc4cc(C(F)(F)F)cnc4n3C)c2S1=O. The van der Waals surface area contributed by atoms with Gasteiger partial charge in [-0.1, -0.05) is 6.92 Å². The zero-order valence-corrected chi connectivity index (χ0v) is 15.8. The number of aryl methyl sites for hydroxylation is 1. The van der Waals surface area contributed by atoms with Gasteiger partial charge >= 0.3 is 12.4 Å². The third-order valence-corrected chi connectivity index (χ3v) is 6.67. The van der Waals surface area contributed by atoms with Crippen LogP contribution in [0.5, 0.6) is 0 Å². The highest BCUT2D eigenvalue weighted by atomic mass is 32.2. The van der Waals surface area contributed by atoms with Crippen LogP contribution in [0, 0.1) is 0 Å². The number of pyridine rings is 1. The van der Waals surface area contributed by atoms with Crippen LogP contribution in [0.15, 0.2) is 29.3 Å². The molecule has 0 aliphatic carbocycles. The molecular formula is C18H13F6N3OS. The molecular weight excluding hydrogens is 420 g/mol.